The van der Waals surface area contributed by atoms with Gasteiger partial charge in [-0.25, -0.2) is 4.79 Å². The van der Waals surface area contributed by atoms with E-state index in [-0.39, 0.29) is 11.3 Å². The average molecular weight is 513 g/mol. The molecule has 11 heteroatoms. The zero-order chi connectivity index (χ0) is 26.8. The first-order valence-corrected chi connectivity index (χ1v) is 11.8. The van der Waals surface area contributed by atoms with E-state index in [1.807, 2.05) is 37.3 Å². The number of anilines is 1. The molecule has 0 unspecified atom stereocenters. The van der Waals surface area contributed by atoms with E-state index in [1.165, 1.54) is 10.9 Å². The van der Waals surface area contributed by atoms with Crippen molar-refractivity contribution in [3.05, 3.63) is 77.4 Å². The molecule has 5 rings (SSSR count). The summed E-state index contributed by atoms with van der Waals surface area (Å²) < 4.78 is 5.25. The van der Waals surface area contributed by atoms with E-state index in [4.69, 9.17) is 4.74 Å². The summed E-state index contributed by atoms with van der Waals surface area (Å²) in [5.74, 6) is -0.744. The lowest BCUT2D eigenvalue weighted by molar-refractivity contribution is -0.123. The number of nitrogens with one attached hydrogen (secondary N) is 2. The lowest BCUT2D eigenvalue weighted by Crippen LogP contribution is -2.51. The van der Waals surface area contributed by atoms with Crippen molar-refractivity contribution in [2.75, 3.05) is 18.6 Å². The van der Waals surface area contributed by atoms with Crippen LogP contribution in [0.5, 0.6) is 11.5 Å². The number of hydrogen-bond donors (Lipinski definition) is 3. The molecule has 1 aliphatic rings. The molecule has 3 aromatic carbocycles. The molecule has 0 atom stereocenters. The molecule has 0 saturated carbocycles. The minimum atomic E-state index is -0.838. The Morgan fingerprint density at radius 3 is 2.37 bits per heavy atom. The van der Waals surface area contributed by atoms with Gasteiger partial charge in [-0.2, -0.15) is 0 Å². The summed E-state index contributed by atoms with van der Waals surface area (Å²) in [4.78, 5) is 38.7. The number of hydrogen-bond acceptors (Lipinski definition) is 8. The van der Waals surface area contributed by atoms with Crippen LogP contribution in [0.2, 0.25) is 0 Å². The summed E-state index contributed by atoms with van der Waals surface area (Å²) in [6, 6.07) is 17.2. The van der Waals surface area contributed by atoms with Gasteiger partial charge in [0.1, 0.15) is 33.8 Å². The fourth-order valence-corrected chi connectivity index (χ4v) is 4.14. The Labute approximate surface area is 217 Å². The molecule has 1 aliphatic heterocycles. The maximum atomic E-state index is 12.0. The molecule has 2 heterocycles. The Kier molecular flexibility index (Phi) is 6.48. The van der Waals surface area contributed by atoms with E-state index in [2.05, 4.69) is 25.7 Å². The van der Waals surface area contributed by atoms with Gasteiger partial charge in [0.05, 0.1) is 7.11 Å². The molecule has 0 aliphatic carbocycles. The molecule has 1 aromatic heterocycles. The Hall–Kier alpha value is -5.19. The van der Waals surface area contributed by atoms with Crippen LogP contribution in [0.3, 0.4) is 0 Å². The molecule has 3 N–H and O–H groups in total. The molecule has 11 nitrogen and oxygen atoms in total. The smallest absolute Gasteiger partial charge is 0.328 e. The number of benzene rings is 3. The maximum Gasteiger partial charge on any atom is 0.328 e. The van der Waals surface area contributed by atoms with Crippen LogP contribution in [-0.4, -0.2) is 51.6 Å². The molecule has 192 valence electrons. The van der Waals surface area contributed by atoms with Crippen LogP contribution < -0.4 is 20.3 Å². The largest absolute Gasteiger partial charge is 0.505 e. The standard InChI is InChI=1S/C27H24N6O5/c1-3-32(18-9-7-16(8-10-18)13-20-25(35)28-27(37)29-26(20)36)15-17-5-4-6-23(24(17)34)33-30-21-12-11-19(38-2)14-22(21)31-33/h4-14,34H,3,15H2,1-2H3,(H2,28,29,35,36,37). The highest BCUT2D eigenvalue weighted by Crippen LogP contribution is 2.29. The molecule has 4 aromatic rings. The van der Waals surface area contributed by atoms with Crippen LogP contribution in [0.4, 0.5) is 10.5 Å². The number of amides is 4. The zero-order valence-corrected chi connectivity index (χ0v) is 20.6. The van der Waals surface area contributed by atoms with Gasteiger partial charge in [-0.15, -0.1) is 15.0 Å². The van der Waals surface area contributed by atoms with Crippen molar-refractivity contribution in [1.29, 1.82) is 0 Å². The van der Waals surface area contributed by atoms with Gasteiger partial charge in [-0.05, 0) is 48.9 Å². The molecule has 0 radical (unpaired) electrons. The lowest BCUT2D eigenvalue weighted by Gasteiger charge is -2.24. The number of ether oxygens (including phenoxy) is 1. The second-order valence-electron chi connectivity index (χ2n) is 8.53. The number of phenols is 1. The molecule has 0 bridgehead atoms. The number of phenolic OH excluding ortho intramolecular Hbond substituents is 1. The number of rotatable bonds is 7. The number of barbiturate groups is 1. The van der Waals surface area contributed by atoms with Crippen molar-refractivity contribution in [2.24, 2.45) is 0 Å². The van der Waals surface area contributed by atoms with E-state index in [0.717, 1.165) is 5.69 Å². The topological polar surface area (TPSA) is 139 Å². The number of carbonyl (C=O) groups is 3. The Bertz CT molecular complexity index is 1570. The zero-order valence-electron chi connectivity index (χ0n) is 20.6. The van der Waals surface area contributed by atoms with Crippen LogP contribution in [0, 0.1) is 0 Å². The van der Waals surface area contributed by atoms with Crippen molar-refractivity contribution in [3.8, 4) is 17.2 Å². The minimum absolute atomic E-state index is 0.0726. The number of para-hydroxylation sites is 1. The molecule has 1 saturated heterocycles. The van der Waals surface area contributed by atoms with Crippen LogP contribution in [0.25, 0.3) is 22.8 Å². The quantitative estimate of drug-likeness (QED) is 0.254. The summed E-state index contributed by atoms with van der Waals surface area (Å²) in [6.07, 6.45) is 1.42. The second kappa shape index (κ2) is 10.1. The van der Waals surface area contributed by atoms with Gasteiger partial charge >= 0.3 is 6.03 Å². The van der Waals surface area contributed by atoms with E-state index in [1.54, 1.807) is 37.4 Å². The number of carbonyl (C=O) groups excluding carboxylic acids is 3. The van der Waals surface area contributed by atoms with E-state index in [9.17, 15) is 19.5 Å². The second-order valence-corrected chi connectivity index (χ2v) is 8.53. The number of aromatic nitrogens is 3. The first-order chi connectivity index (χ1) is 18.4. The number of imide groups is 2. The number of urea groups is 1. The van der Waals surface area contributed by atoms with Crippen molar-refractivity contribution >= 4 is 40.6 Å². The highest BCUT2D eigenvalue weighted by atomic mass is 16.5. The number of nitrogens with zero attached hydrogens (tertiary/aromatic N) is 4. The fraction of sp³-hybridized carbons (Fsp3) is 0.148. The first kappa shape index (κ1) is 24.5. The van der Waals surface area contributed by atoms with Crippen molar-refractivity contribution < 1.29 is 24.2 Å². The summed E-state index contributed by atoms with van der Waals surface area (Å²) in [5.41, 5.74) is 3.82. The molecular weight excluding hydrogens is 488 g/mol. The van der Waals surface area contributed by atoms with Gasteiger partial charge in [0, 0.05) is 30.4 Å². The van der Waals surface area contributed by atoms with Crippen LogP contribution in [0.1, 0.15) is 18.1 Å². The van der Waals surface area contributed by atoms with E-state index >= 15 is 0 Å². The molecule has 4 amide bonds. The third-order valence-electron chi connectivity index (χ3n) is 6.16. The summed E-state index contributed by atoms with van der Waals surface area (Å²) in [7, 11) is 1.59. The lowest BCUT2D eigenvalue weighted by atomic mass is 10.1. The van der Waals surface area contributed by atoms with E-state index in [0.29, 0.717) is 46.7 Å². The SMILES string of the molecule is CCN(Cc1cccc(-n2nc3ccc(OC)cc3n2)c1O)c1ccc(C=C2C(=O)NC(=O)NC2=O)cc1. The minimum Gasteiger partial charge on any atom is -0.505 e. The van der Waals surface area contributed by atoms with Gasteiger partial charge in [-0.1, -0.05) is 24.3 Å². The Morgan fingerprint density at radius 2 is 1.68 bits per heavy atom. The van der Waals surface area contributed by atoms with Crippen molar-refractivity contribution in [3.63, 3.8) is 0 Å². The maximum absolute atomic E-state index is 12.0. The summed E-state index contributed by atoms with van der Waals surface area (Å²) in [5, 5.41) is 24.2. The third-order valence-corrected chi connectivity index (χ3v) is 6.16. The molecular formula is C27H24N6O5. The third kappa shape index (κ3) is 4.76. The van der Waals surface area contributed by atoms with Crippen LogP contribution in [0.15, 0.2) is 66.2 Å². The summed E-state index contributed by atoms with van der Waals surface area (Å²) in [6.45, 7) is 3.07. The summed E-state index contributed by atoms with van der Waals surface area (Å²) >= 11 is 0. The van der Waals surface area contributed by atoms with Crippen LogP contribution >= 0.6 is 0 Å². The fourth-order valence-electron chi connectivity index (χ4n) is 4.14. The highest BCUT2D eigenvalue weighted by Gasteiger charge is 2.27. The number of methoxy groups -OCH3 is 1. The van der Waals surface area contributed by atoms with Gasteiger partial charge in [0.15, 0.2) is 0 Å². The Morgan fingerprint density at radius 1 is 0.974 bits per heavy atom. The predicted molar refractivity (Wildman–Crippen MR) is 140 cm³/mol. The van der Waals surface area contributed by atoms with Crippen LogP contribution in [-0.2, 0) is 16.1 Å². The molecule has 0 spiro atoms. The number of fused-ring (bicyclic) bond motifs is 1. The first-order valence-electron chi connectivity index (χ1n) is 11.8. The van der Waals surface area contributed by atoms with Gasteiger partial charge in [0.2, 0.25) is 0 Å². The monoisotopic (exact) mass is 512 g/mol. The average Bonchev–Trinajstić information content (AvgIpc) is 3.33. The van der Waals surface area contributed by atoms with Gasteiger partial charge in [-0.3, -0.25) is 20.2 Å². The van der Waals surface area contributed by atoms with Gasteiger partial charge in [0.25, 0.3) is 11.8 Å². The Balaban J connectivity index is 1.37. The molecule has 38 heavy (non-hydrogen) atoms. The van der Waals surface area contributed by atoms with Crippen molar-refractivity contribution in [2.45, 2.75) is 13.5 Å². The van der Waals surface area contributed by atoms with Crippen molar-refractivity contribution in [1.82, 2.24) is 25.6 Å². The molecule has 1 fully saturated rings. The normalized spacial score (nSPS) is 13.3. The highest BCUT2D eigenvalue weighted by molar-refractivity contribution is 6.31. The van der Waals surface area contributed by atoms with Gasteiger partial charge < -0.3 is 14.7 Å². The predicted octanol–water partition coefficient (Wildman–Crippen LogP) is 2.91. The van der Waals surface area contributed by atoms with E-state index < -0.39 is 17.8 Å². The number of aromatic hydroxyl groups is 1.